The van der Waals surface area contributed by atoms with Gasteiger partial charge in [-0.2, -0.15) is 5.10 Å². The van der Waals surface area contributed by atoms with Crippen molar-refractivity contribution in [2.24, 2.45) is 5.92 Å². The third kappa shape index (κ3) is 3.76. The number of para-hydroxylation sites is 1. The van der Waals surface area contributed by atoms with Gasteiger partial charge in [-0.25, -0.2) is 9.07 Å². The molecule has 2 saturated heterocycles. The van der Waals surface area contributed by atoms with Crippen molar-refractivity contribution in [1.82, 2.24) is 24.9 Å². The summed E-state index contributed by atoms with van der Waals surface area (Å²) in [6.45, 7) is 6.31. The molecule has 0 unspecified atom stereocenters. The van der Waals surface area contributed by atoms with Gasteiger partial charge >= 0.3 is 0 Å². The van der Waals surface area contributed by atoms with Crippen molar-refractivity contribution < 1.29 is 14.0 Å². The molecule has 3 atom stereocenters. The number of hydrogen-bond acceptors (Lipinski definition) is 4. The van der Waals surface area contributed by atoms with E-state index in [-0.39, 0.29) is 23.5 Å². The van der Waals surface area contributed by atoms with Crippen molar-refractivity contribution in [1.29, 1.82) is 0 Å². The molecule has 29 heavy (non-hydrogen) atoms. The van der Waals surface area contributed by atoms with Crippen LogP contribution in [0.5, 0.6) is 0 Å². The smallest absolute Gasteiger partial charge is 0.246 e. The van der Waals surface area contributed by atoms with Gasteiger partial charge in [0.2, 0.25) is 11.8 Å². The van der Waals surface area contributed by atoms with Gasteiger partial charge in [-0.1, -0.05) is 32.4 Å². The molecule has 7 nitrogen and oxygen atoms in total. The van der Waals surface area contributed by atoms with E-state index in [0.717, 1.165) is 12.0 Å². The molecule has 2 aliphatic rings. The second-order valence-electron chi connectivity index (χ2n) is 7.90. The number of benzene rings is 1. The fourth-order valence-electron chi connectivity index (χ4n) is 4.05. The van der Waals surface area contributed by atoms with Gasteiger partial charge < -0.3 is 10.2 Å². The molecule has 1 aromatic carbocycles. The van der Waals surface area contributed by atoms with E-state index in [4.69, 9.17) is 0 Å². The minimum absolute atomic E-state index is 0.0240. The predicted octanol–water partition coefficient (Wildman–Crippen LogP) is 1.57. The van der Waals surface area contributed by atoms with Crippen molar-refractivity contribution in [2.75, 3.05) is 19.6 Å². The molecule has 8 heteroatoms. The molecule has 2 aliphatic heterocycles. The minimum Gasteiger partial charge on any atom is -0.342 e. The van der Waals surface area contributed by atoms with Crippen LogP contribution in [-0.4, -0.2) is 63.1 Å². The van der Waals surface area contributed by atoms with Crippen LogP contribution < -0.4 is 5.32 Å². The Kier molecular flexibility index (Phi) is 5.36. The van der Waals surface area contributed by atoms with E-state index in [9.17, 15) is 14.0 Å². The molecular weight excluding hydrogens is 373 g/mol. The first kappa shape index (κ1) is 19.6. The molecule has 3 heterocycles. The number of carbonyl (C=O) groups excluding carboxylic acids is 2. The first-order chi connectivity index (χ1) is 14.0. The quantitative estimate of drug-likeness (QED) is 0.829. The van der Waals surface area contributed by atoms with E-state index in [1.807, 2.05) is 13.8 Å². The zero-order chi connectivity index (χ0) is 20.5. The summed E-state index contributed by atoms with van der Waals surface area (Å²) < 4.78 is 15.5. The molecule has 154 valence electrons. The van der Waals surface area contributed by atoms with Crippen LogP contribution in [0.3, 0.4) is 0 Å². The van der Waals surface area contributed by atoms with Gasteiger partial charge in [0.25, 0.3) is 0 Å². The van der Waals surface area contributed by atoms with Crippen LogP contribution in [-0.2, 0) is 16.1 Å². The third-order valence-electron chi connectivity index (χ3n) is 5.97. The SMILES string of the molecule is CC[C@H](C)[C@@H]1NC(=O)[C@H]2CN(Cc3cnn(-c4ccccc4F)c3)CCN2C1=O. The van der Waals surface area contributed by atoms with E-state index in [0.29, 0.717) is 31.9 Å². The Morgan fingerprint density at radius 1 is 1.28 bits per heavy atom. The number of halogens is 1. The molecule has 0 bridgehead atoms. The Balaban J connectivity index is 1.43. The molecule has 2 aromatic rings. The number of hydrogen-bond donors (Lipinski definition) is 1. The third-order valence-corrected chi connectivity index (χ3v) is 5.97. The summed E-state index contributed by atoms with van der Waals surface area (Å²) in [5, 5.41) is 7.18. The summed E-state index contributed by atoms with van der Waals surface area (Å²) in [7, 11) is 0. The highest BCUT2D eigenvalue weighted by molar-refractivity contribution is 5.97. The van der Waals surface area contributed by atoms with Gasteiger partial charge in [-0.15, -0.1) is 0 Å². The maximum absolute atomic E-state index is 14.0. The van der Waals surface area contributed by atoms with Crippen molar-refractivity contribution in [3.63, 3.8) is 0 Å². The summed E-state index contributed by atoms with van der Waals surface area (Å²) in [6.07, 6.45) is 4.35. The highest BCUT2D eigenvalue weighted by Gasteiger charge is 2.44. The number of fused-ring (bicyclic) bond motifs is 1. The number of nitrogens with zero attached hydrogens (tertiary/aromatic N) is 4. The number of carbonyl (C=O) groups is 2. The number of nitrogens with one attached hydrogen (secondary N) is 1. The van der Waals surface area contributed by atoms with Gasteiger partial charge in [-0.3, -0.25) is 14.5 Å². The zero-order valence-corrected chi connectivity index (χ0v) is 16.7. The van der Waals surface area contributed by atoms with Gasteiger partial charge in [0, 0.05) is 37.9 Å². The van der Waals surface area contributed by atoms with Crippen LogP contribution in [0.4, 0.5) is 4.39 Å². The summed E-state index contributed by atoms with van der Waals surface area (Å²) >= 11 is 0. The van der Waals surface area contributed by atoms with Crippen LogP contribution in [0, 0.1) is 11.7 Å². The van der Waals surface area contributed by atoms with Crippen LogP contribution in [0.1, 0.15) is 25.8 Å². The Hall–Kier alpha value is -2.74. The second-order valence-corrected chi connectivity index (χ2v) is 7.90. The molecule has 0 radical (unpaired) electrons. The van der Waals surface area contributed by atoms with Crippen LogP contribution in [0.2, 0.25) is 0 Å². The lowest BCUT2D eigenvalue weighted by atomic mass is 9.93. The summed E-state index contributed by atoms with van der Waals surface area (Å²) in [4.78, 5) is 29.3. The fraction of sp³-hybridized carbons (Fsp3) is 0.476. The highest BCUT2D eigenvalue weighted by Crippen LogP contribution is 2.22. The first-order valence-corrected chi connectivity index (χ1v) is 10.1. The predicted molar refractivity (Wildman–Crippen MR) is 106 cm³/mol. The first-order valence-electron chi connectivity index (χ1n) is 10.1. The van der Waals surface area contributed by atoms with E-state index < -0.39 is 12.1 Å². The van der Waals surface area contributed by atoms with Gasteiger partial charge in [0.15, 0.2) is 0 Å². The molecular formula is C21H26FN5O2. The standard InChI is InChI=1S/C21H26FN5O2/c1-3-14(2)19-21(29)26-9-8-25(13-18(26)20(28)24-19)11-15-10-23-27(12-15)17-7-5-4-6-16(17)22/h4-7,10,12,14,18-19H,3,8-9,11,13H2,1-2H3,(H,24,28)/t14-,18+,19-/m0/s1. The number of rotatable bonds is 5. The molecule has 0 spiro atoms. The van der Waals surface area contributed by atoms with Crippen molar-refractivity contribution in [2.45, 2.75) is 38.9 Å². The van der Waals surface area contributed by atoms with E-state index in [2.05, 4.69) is 15.3 Å². The Bertz CT molecular complexity index is 914. The monoisotopic (exact) mass is 399 g/mol. The van der Waals surface area contributed by atoms with Gasteiger partial charge in [0.05, 0.1) is 6.20 Å². The molecule has 0 aliphatic carbocycles. The fourth-order valence-corrected chi connectivity index (χ4v) is 4.05. The second kappa shape index (κ2) is 7.94. The molecule has 1 N–H and O–H groups in total. The normalized spacial score (nSPS) is 23.6. The van der Waals surface area contributed by atoms with Crippen LogP contribution >= 0.6 is 0 Å². The molecule has 1 aromatic heterocycles. The van der Waals surface area contributed by atoms with Crippen molar-refractivity contribution in [3.05, 3.63) is 48.0 Å². The Labute approximate surface area is 169 Å². The Morgan fingerprint density at radius 2 is 2.07 bits per heavy atom. The summed E-state index contributed by atoms with van der Waals surface area (Å²) in [6, 6.07) is 5.61. The molecule has 2 fully saturated rings. The minimum atomic E-state index is -0.460. The maximum atomic E-state index is 14.0. The van der Waals surface area contributed by atoms with Gasteiger partial charge in [0.1, 0.15) is 23.6 Å². The molecule has 0 saturated carbocycles. The lowest BCUT2D eigenvalue weighted by molar-refractivity contribution is -0.154. The van der Waals surface area contributed by atoms with E-state index >= 15 is 0 Å². The van der Waals surface area contributed by atoms with Crippen molar-refractivity contribution in [3.8, 4) is 5.69 Å². The average Bonchev–Trinajstić information content (AvgIpc) is 3.18. The van der Waals surface area contributed by atoms with E-state index in [1.54, 1.807) is 35.5 Å². The average molecular weight is 399 g/mol. The Morgan fingerprint density at radius 3 is 2.83 bits per heavy atom. The number of aromatic nitrogens is 2. The highest BCUT2D eigenvalue weighted by atomic mass is 19.1. The molecule has 2 amide bonds. The lowest BCUT2D eigenvalue weighted by Crippen LogP contribution is -2.70. The lowest BCUT2D eigenvalue weighted by Gasteiger charge is -2.46. The van der Waals surface area contributed by atoms with Gasteiger partial charge in [-0.05, 0) is 18.1 Å². The largest absolute Gasteiger partial charge is 0.342 e. The summed E-state index contributed by atoms with van der Waals surface area (Å²) in [5.41, 5.74) is 1.33. The summed E-state index contributed by atoms with van der Waals surface area (Å²) in [5.74, 6) is -0.267. The van der Waals surface area contributed by atoms with E-state index in [1.165, 1.54) is 10.7 Å². The number of amides is 2. The topological polar surface area (TPSA) is 70.5 Å². The van der Waals surface area contributed by atoms with Crippen LogP contribution in [0.15, 0.2) is 36.7 Å². The maximum Gasteiger partial charge on any atom is 0.246 e. The molecule has 4 rings (SSSR count). The number of piperazine rings is 2. The van der Waals surface area contributed by atoms with Crippen LogP contribution in [0.25, 0.3) is 5.69 Å². The zero-order valence-electron chi connectivity index (χ0n) is 16.7. The van der Waals surface area contributed by atoms with Crippen molar-refractivity contribution >= 4 is 11.8 Å².